The Morgan fingerprint density at radius 1 is 1.03 bits per heavy atom. The van der Waals surface area contributed by atoms with Gasteiger partial charge < -0.3 is 10.2 Å². The van der Waals surface area contributed by atoms with Gasteiger partial charge in [-0.15, -0.1) is 11.3 Å². The topological polar surface area (TPSA) is 80.1 Å². The zero-order valence-electron chi connectivity index (χ0n) is 21.6. The van der Waals surface area contributed by atoms with Crippen molar-refractivity contribution in [3.8, 4) is 5.69 Å². The summed E-state index contributed by atoms with van der Waals surface area (Å²) in [6.45, 7) is 5.60. The molecule has 0 spiro atoms. The minimum Gasteiger partial charge on any atom is -0.344 e. The van der Waals surface area contributed by atoms with Crippen molar-refractivity contribution < 1.29 is 14.0 Å². The normalized spacial score (nSPS) is 18.6. The highest BCUT2D eigenvalue weighted by Crippen LogP contribution is 2.47. The van der Waals surface area contributed by atoms with Crippen LogP contribution in [0.3, 0.4) is 0 Å². The second-order valence-electron chi connectivity index (χ2n) is 10.2. The van der Waals surface area contributed by atoms with Crippen molar-refractivity contribution in [1.29, 1.82) is 0 Å². The molecule has 2 atom stereocenters. The fourth-order valence-electron chi connectivity index (χ4n) is 5.33. The Kier molecular flexibility index (Phi) is 6.03. The van der Waals surface area contributed by atoms with Crippen molar-refractivity contribution in [1.82, 2.24) is 20.1 Å². The number of aryl methyl sites for hydroxylation is 1. The Bertz CT molecular complexity index is 1690. The van der Waals surface area contributed by atoms with E-state index in [0.717, 1.165) is 27.0 Å². The van der Waals surface area contributed by atoms with Crippen LogP contribution in [0.1, 0.15) is 40.8 Å². The van der Waals surface area contributed by atoms with E-state index >= 15 is 0 Å². The third-order valence-electron chi connectivity index (χ3n) is 7.43. The lowest BCUT2D eigenvalue weighted by atomic mass is 9.82. The first-order valence-electron chi connectivity index (χ1n) is 12.6. The smallest absolute Gasteiger partial charge is 0.271 e. The maximum Gasteiger partial charge on any atom is 0.271 e. The first-order valence-corrected chi connectivity index (χ1v) is 13.5. The van der Waals surface area contributed by atoms with Crippen molar-refractivity contribution in [2.24, 2.45) is 5.41 Å². The number of halogens is 1. The van der Waals surface area contributed by atoms with Gasteiger partial charge in [0, 0.05) is 16.0 Å². The van der Waals surface area contributed by atoms with Gasteiger partial charge in [0.05, 0.1) is 40.4 Å². The summed E-state index contributed by atoms with van der Waals surface area (Å²) >= 11 is 1.41. The van der Waals surface area contributed by atoms with E-state index in [4.69, 9.17) is 0 Å². The zero-order valence-corrected chi connectivity index (χ0v) is 22.4. The number of rotatable bonds is 5. The summed E-state index contributed by atoms with van der Waals surface area (Å²) in [5.74, 6) is -0.702. The van der Waals surface area contributed by atoms with Gasteiger partial charge in [0.2, 0.25) is 5.91 Å². The summed E-state index contributed by atoms with van der Waals surface area (Å²) in [4.78, 5) is 34.2. The lowest BCUT2D eigenvalue weighted by Crippen LogP contribution is -2.46. The average molecular weight is 540 g/mol. The van der Waals surface area contributed by atoms with Crippen LogP contribution in [-0.2, 0) is 4.79 Å². The molecule has 0 saturated carbocycles. The number of hydrogen-bond donors (Lipinski definition) is 1. The van der Waals surface area contributed by atoms with Gasteiger partial charge in [-0.05, 0) is 68.8 Å². The van der Waals surface area contributed by atoms with E-state index in [2.05, 4.69) is 15.4 Å². The summed E-state index contributed by atoms with van der Waals surface area (Å²) in [5.41, 5.74) is 4.32. The molecule has 3 heterocycles. The third-order valence-corrected chi connectivity index (χ3v) is 8.19. The van der Waals surface area contributed by atoms with Crippen LogP contribution >= 0.6 is 11.3 Å². The van der Waals surface area contributed by atoms with Crippen LogP contribution in [-0.4, -0.2) is 32.6 Å². The fraction of sp³-hybridized carbons (Fsp3) is 0.200. The molecule has 0 bridgehead atoms. The SMILES string of the molecule is Cc1scnc1C(=O)N[C@H]1[C@H](c2ccccc2)N(c2ccc3c(cnn3-c3ccc(F)cc3)c2)C(=O)C1(C)C. The Morgan fingerprint density at radius 2 is 1.74 bits per heavy atom. The summed E-state index contributed by atoms with van der Waals surface area (Å²) in [6, 6.07) is 20.7. The summed E-state index contributed by atoms with van der Waals surface area (Å²) in [6.07, 6.45) is 1.73. The number of amides is 2. The van der Waals surface area contributed by atoms with Crippen LogP contribution in [0, 0.1) is 18.2 Å². The van der Waals surface area contributed by atoms with Crippen LogP contribution in [0.4, 0.5) is 10.1 Å². The molecule has 1 fully saturated rings. The molecule has 39 heavy (non-hydrogen) atoms. The number of anilines is 1. The molecule has 196 valence electrons. The van der Waals surface area contributed by atoms with Gasteiger partial charge in [0.1, 0.15) is 11.5 Å². The van der Waals surface area contributed by atoms with Crippen molar-refractivity contribution in [2.75, 3.05) is 4.90 Å². The van der Waals surface area contributed by atoms with Gasteiger partial charge in [-0.1, -0.05) is 30.3 Å². The van der Waals surface area contributed by atoms with Gasteiger partial charge in [-0.25, -0.2) is 14.1 Å². The summed E-state index contributed by atoms with van der Waals surface area (Å²) < 4.78 is 15.2. The summed E-state index contributed by atoms with van der Waals surface area (Å²) in [7, 11) is 0. The predicted molar refractivity (Wildman–Crippen MR) is 150 cm³/mol. The molecular formula is C30H26FN5O2S. The van der Waals surface area contributed by atoms with Gasteiger partial charge >= 0.3 is 0 Å². The molecule has 1 N–H and O–H groups in total. The molecule has 0 radical (unpaired) electrons. The Hall–Kier alpha value is -4.37. The molecule has 1 aliphatic heterocycles. The van der Waals surface area contributed by atoms with Crippen LogP contribution in [0.2, 0.25) is 0 Å². The molecule has 9 heteroatoms. The highest BCUT2D eigenvalue weighted by molar-refractivity contribution is 7.09. The molecule has 0 unspecified atom stereocenters. The van der Waals surface area contributed by atoms with E-state index in [1.54, 1.807) is 33.4 Å². The average Bonchev–Trinajstić information content (AvgIpc) is 3.61. The molecule has 1 saturated heterocycles. The number of hydrogen-bond acceptors (Lipinski definition) is 5. The number of aromatic nitrogens is 3. The number of benzene rings is 3. The van der Waals surface area contributed by atoms with Crippen LogP contribution in [0.25, 0.3) is 16.6 Å². The van der Waals surface area contributed by atoms with Gasteiger partial charge in [-0.3, -0.25) is 9.59 Å². The Balaban J connectivity index is 1.43. The first-order chi connectivity index (χ1) is 18.8. The second-order valence-corrected chi connectivity index (χ2v) is 11.3. The Morgan fingerprint density at radius 3 is 2.44 bits per heavy atom. The molecule has 7 nitrogen and oxygen atoms in total. The van der Waals surface area contributed by atoms with Crippen LogP contribution in [0.5, 0.6) is 0 Å². The number of carbonyl (C=O) groups excluding carboxylic acids is 2. The van der Waals surface area contributed by atoms with Crippen LogP contribution in [0.15, 0.2) is 84.5 Å². The van der Waals surface area contributed by atoms with Gasteiger partial charge in [0.15, 0.2) is 0 Å². The van der Waals surface area contributed by atoms with E-state index in [0.29, 0.717) is 11.4 Å². The van der Waals surface area contributed by atoms with E-state index in [9.17, 15) is 14.0 Å². The largest absolute Gasteiger partial charge is 0.344 e. The van der Waals surface area contributed by atoms with E-state index in [1.165, 1.54) is 23.5 Å². The molecule has 0 aliphatic carbocycles. The third kappa shape index (κ3) is 4.19. The Labute approximate surface area is 228 Å². The molecule has 3 aromatic carbocycles. The number of thiazole rings is 1. The number of nitrogens with one attached hydrogen (secondary N) is 1. The maximum absolute atomic E-state index is 14.1. The molecule has 2 aromatic heterocycles. The standard InChI is InChI=1S/C30H26FN5O2S/c1-18-25(32-17-39-18)28(37)34-27-26(19-7-5-4-6-8-19)35(29(38)30(27,2)3)23-13-14-24-20(15-23)16-33-36(24)22-11-9-21(31)10-12-22/h4-17,26-27H,1-3H3,(H,34,37)/t26-,27-/m0/s1. The first kappa shape index (κ1) is 24.9. The van der Waals surface area contributed by atoms with E-state index < -0.39 is 17.5 Å². The fourth-order valence-corrected chi connectivity index (χ4v) is 5.91. The number of carbonyl (C=O) groups is 2. The minimum atomic E-state index is -0.895. The highest BCUT2D eigenvalue weighted by Gasteiger charge is 2.55. The molecule has 2 amide bonds. The molecule has 1 aliphatic rings. The van der Waals surface area contributed by atoms with E-state index in [-0.39, 0.29) is 17.6 Å². The highest BCUT2D eigenvalue weighted by atomic mass is 32.1. The van der Waals surface area contributed by atoms with Crippen molar-refractivity contribution in [3.05, 3.63) is 106 Å². The quantitative estimate of drug-likeness (QED) is 0.304. The van der Waals surface area contributed by atoms with E-state index in [1.807, 2.05) is 69.3 Å². The van der Waals surface area contributed by atoms with Gasteiger partial charge in [0.25, 0.3) is 5.91 Å². The van der Waals surface area contributed by atoms with Crippen LogP contribution < -0.4 is 10.2 Å². The predicted octanol–water partition coefficient (Wildman–Crippen LogP) is 5.84. The lowest BCUT2D eigenvalue weighted by molar-refractivity contribution is -0.124. The number of fused-ring (bicyclic) bond motifs is 1. The molecule has 5 aromatic rings. The van der Waals surface area contributed by atoms with Gasteiger partial charge in [-0.2, -0.15) is 5.10 Å². The molecular weight excluding hydrogens is 513 g/mol. The maximum atomic E-state index is 14.1. The zero-order chi connectivity index (χ0) is 27.3. The molecule has 6 rings (SSSR count). The van der Waals surface area contributed by atoms with Crippen molar-refractivity contribution in [3.63, 3.8) is 0 Å². The minimum absolute atomic E-state index is 0.0954. The summed E-state index contributed by atoms with van der Waals surface area (Å²) in [5, 5.41) is 8.49. The van der Waals surface area contributed by atoms with Crippen molar-refractivity contribution >= 4 is 39.7 Å². The number of nitrogens with zero attached hydrogens (tertiary/aromatic N) is 4. The van der Waals surface area contributed by atoms with Crippen molar-refractivity contribution in [2.45, 2.75) is 32.9 Å². The lowest BCUT2D eigenvalue weighted by Gasteiger charge is -2.30. The monoisotopic (exact) mass is 539 g/mol. The second kappa shape index (κ2) is 9.43.